The summed E-state index contributed by atoms with van der Waals surface area (Å²) >= 11 is 0. The van der Waals surface area contributed by atoms with Gasteiger partial charge in [-0.2, -0.15) is 10.1 Å². The number of aryl methyl sites for hydroxylation is 1. The molecule has 0 radical (unpaired) electrons. The maximum absolute atomic E-state index is 10.6. The summed E-state index contributed by atoms with van der Waals surface area (Å²) in [5, 5.41) is 23.0. The van der Waals surface area contributed by atoms with E-state index in [1.165, 1.54) is 5.56 Å². The molecule has 0 saturated heterocycles. The van der Waals surface area contributed by atoms with Crippen LogP contribution in [0.4, 0.5) is 17.5 Å². The van der Waals surface area contributed by atoms with E-state index in [9.17, 15) is 5.11 Å². The minimum absolute atomic E-state index is 0.183. The molecule has 0 fully saturated rings. The maximum atomic E-state index is 10.6. The van der Waals surface area contributed by atoms with Crippen molar-refractivity contribution in [3.63, 3.8) is 0 Å². The highest BCUT2D eigenvalue weighted by molar-refractivity contribution is 5.85. The second-order valence-corrected chi connectivity index (χ2v) is 8.56. The Morgan fingerprint density at radius 3 is 2.91 bits per heavy atom. The minimum Gasteiger partial charge on any atom is -0.390 e. The van der Waals surface area contributed by atoms with Crippen molar-refractivity contribution in [1.29, 1.82) is 0 Å². The van der Waals surface area contributed by atoms with Gasteiger partial charge in [0.05, 0.1) is 23.9 Å². The molecule has 32 heavy (non-hydrogen) atoms. The van der Waals surface area contributed by atoms with Gasteiger partial charge in [-0.1, -0.05) is 31.2 Å². The van der Waals surface area contributed by atoms with Crippen molar-refractivity contribution in [2.75, 3.05) is 10.6 Å². The second kappa shape index (κ2) is 8.24. The quantitative estimate of drug-likeness (QED) is 0.404. The first kappa shape index (κ1) is 20.5. The fraction of sp³-hybridized carbons (Fsp3) is 0.320. The smallest absolute Gasteiger partial charge is 0.229 e. The van der Waals surface area contributed by atoms with Crippen molar-refractivity contribution < 1.29 is 5.11 Å². The molecule has 0 saturated carbocycles. The zero-order chi connectivity index (χ0) is 22.2. The molecule has 2 aromatic heterocycles. The molecule has 2 aromatic carbocycles. The van der Waals surface area contributed by atoms with Crippen LogP contribution in [0.1, 0.15) is 49.0 Å². The van der Waals surface area contributed by atoms with Gasteiger partial charge >= 0.3 is 0 Å². The van der Waals surface area contributed by atoms with Crippen LogP contribution in [0, 0.1) is 6.92 Å². The topological polar surface area (TPSA) is 87.9 Å². The summed E-state index contributed by atoms with van der Waals surface area (Å²) in [7, 11) is 0. The third kappa shape index (κ3) is 3.69. The molecule has 0 bridgehead atoms. The molecule has 0 aliphatic heterocycles. The van der Waals surface area contributed by atoms with Crippen molar-refractivity contribution in [3.05, 3.63) is 71.5 Å². The average Bonchev–Trinajstić information content (AvgIpc) is 3.34. The standard InChI is InChI=1S/C25H28N6O/c1-4-16(3)31-21-13-20(15(2)11-18(21)14-27-31)28-25-26-10-9-23(30-25)29-24-19-8-6-5-7-17(19)12-22(24)32/h5-11,13-14,16,22,24,32H,4,12H2,1-3H3,(H2,26,28,29,30)/t16-,22-,24+/m1/s1. The Labute approximate surface area is 187 Å². The van der Waals surface area contributed by atoms with Gasteiger partial charge in [-0.3, -0.25) is 4.68 Å². The monoisotopic (exact) mass is 428 g/mol. The van der Waals surface area contributed by atoms with Gasteiger partial charge in [0.25, 0.3) is 0 Å². The summed E-state index contributed by atoms with van der Waals surface area (Å²) in [6.45, 7) is 6.40. The molecule has 164 valence electrons. The molecule has 7 nitrogen and oxygen atoms in total. The molecular formula is C25H28N6O. The number of aliphatic hydroxyl groups excluding tert-OH is 1. The van der Waals surface area contributed by atoms with E-state index in [4.69, 9.17) is 0 Å². The molecule has 4 aromatic rings. The molecule has 3 N–H and O–H groups in total. The molecule has 2 heterocycles. The lowest BCUT2D eigenvalue weighted by Crippen LogP contribution is -2.21. The minimum atomic E-state index is -0.482. The van der Waals surface area contributed by atoms with Gasteiger partial charge in [0.15, 0.2) is 0 Å². The van der Waals surface area contributed by atoms with Crippen molar-refractivity contribution in [2.24, 2.45) is 0 Å². The molecule has 7 heteroatoms. The number of anilines is 3. The third-order valence-electron chi connectivity index (χ3n) is 6.36. The van der Waals surface area contributed by atoms with Gasteiger partial charge in [-0.05, 0) is 55.2 Å². The van der Waals surface area contributed by atoms with Crippen molar-refractivity contribution in [3.8, 4) is 0 Å². The number of nitrogens with zero attached hydrogens (tertiary/aromatic N) is 4. The molecule has 1 aliphatic carbocycles. The molecule has 0 amide bonds. The first-order valence-corrected chi connectivity index (χ1v) is 11.1. The number of hydrogen-bond acceptors (Lipinski definition) is 6. The number of fused-ring (bicyclic) bond motifs is 2. The Balaban J connectivity index is 1.41. The van der Waals surface area contributed by atoms with E-state index in [0.717, 1.165) is 34.1 Å². The van der Waals surface area contributed by atoms with Crippen molar-refractivity contribution in [2.45, 2.75) is 51.8 Å². The molecular weight excluding hydrogens is 400 g/mol. The van der Waals surface area contributed by atoms with Crippen LogP contribution in [0.25, 0.3) is 10.9 Å². The van der Waals surface area contributed by atoms with E-state index >= 15 is 0 Å². The number of rotatable bonds is 6. The predicted octanol–water partition coefficient (Wildman–Crippen LogP) is 4.92. The Kier molecular flexibility index (Phi) is 5.27. The largest absolute Gasteiger partial charge is 0.390 e. The van der Waals surface area contributed by atoms with Crippen LogP contribution < -0.4 is 10.6 Å². The van der Waals surface area contributed by atoms with E-state index in [-0.39, 0.29) is 6.04 Å². The van der Waals surface area contributed by atoms with Gasteiger partial charge in [0.2, 0.25) is 5.95 Å². The number of aliphatic hydroxyl groups is 1. The average molecular weight is 429 g/mol. The first-order valence-electron chi connectivity index (χ1n) is 11.1. The van der Waals surface area contributed by atoms with E-state index < -0.39 is 6.10 Å². The van der Waals surface area contributed by atoms with Crippen LogP contribution >= 0.6 is 0 Å². The molecule has 3 atom stereocenters. The fourth-order valence-corrected chi connectivity index (χ4v) is 4.39. The fourth-order valence-electron chi connectivity index (χ4n) is 4.39. The number of nitrogens with one attached hydrogen (secondary N) is 2. The summed E-state index contributed by atoms with van der Waals surface area (Å²) in [5.74, 6) is 1.18. The summed E-state index contributed by atoms with van der Waals surface area (Å²) in [5.41, 5.74) is 5.43. The Hall–Kier alpha value is -3.45. The van der Waals surface area contributed by atoms with Crippen LogP contribution in [-0.4, -0.2) is 31.0 Å². The summed E-state index contributed by atoms with van der Waals surface area (Å²) in [4.78, 5) is 9.06. The second-order valence-electron chi connectivity index (χ2n) is 8.56. The van der Waals surface area contributed by atoms with Gasteiger partial charge in [0.1, 0.15) is 5.82 Å². The zero-order valence-corrected chi connectivity index (χ0v) is 18.6. The van der Waals surface area contributed by atoms with E-state index in [1.54, 1.807) is 6.20 Å². The summed E-state index contributed by atoms with van der Waals surface area (Å²) in [6, 6.07) is 14.4. The van der Waals surface area contributed by atoms with Gasteiger partial charge in [0, 0.05) is 29.7 Å². The maximum Gasteiger partial charge on any atom is 0.229 e. The highest BCUT2D eigenvalue weighted by atomic mass is 16.3. The van der Waals surface area contributed by atoms with Crippen LogP contribution in [0.2, 0.25) is 0 Å². The van der Waals surface area contributed by atoms with Gasteiger partial charge in [-0.15, -0.1) is 0 Å². The highest BCUT2D eigenvalue weighted by Crippen LogP contribution is 2.34. The first-order chi connectivity index (χ1) is 15.5. The third-order valence-corrected chi connectivity index (χ3v) is 6.36. The lowest BCUT2D eigenvalue weighted by atomic mass is 10.1. The zero-order valence-electron chi connectivity index (χ0n) is 18.6. The van der Waals surface area contributed by atoms with Crippen LogP contribution in [-0.2, 0) is 6.42 Å². The van der Waals surface area contributed by atoms with E-state index in [0.29, 0.717) is 24.2 Å². The summed E-state index contributed by atoms with van der Waals surface area (Å²) in [6.07, 6.45) is 4.82. The molecule has 5 rings (SSSR count). The van der Waals surface area contributed by atoms with E-state index in [1.807, 2.05) is 24.4 Å². The van der Waals surface area contributed by atoms with Crippen LogP contribution in [0.3, 0.4) is 0 Å². The van der Waals surface area contributed by atoms with Crippen LogP contribution in [0.5, 0.6) is 0 Å². The van der Waals surface area contributed by atoms with Crippen molar-refractivity contribution in [1.82, 2.24) is 19.7 Å². The Morgan fingerprint density at radius 1 is 1.22 bits per heavy atom. The SMILES string of the molecule is CC[C@@H](C)n1ncc2cc(C)c(Nc3nccc(N[C@H]4c5ccccc5C[C@H]4O)n3)cc21. The lowest BCUT2D eigenvalue weighted by molar-refractivity contribution is 0.165. The molecule has 0 spiro atoms. The Bertz CT molecular complexity index is 1270. The van der Waals surface area contributed by atoms with Crippen LogP contribution in [0.15, 0.2) is 54.9 Å². The summed E-state index contributed by atoms with van der Waals surface area (Å²) < 4.78 is 2.07. The number of benzene rings is 2. The van der Waals surface area contributed by atoms with Gasteiger partial charge < -0.3 is 15.7 Å². The van der Waals surface area contributed by atoms with Crippen molar-refractivity contribution >= 4 is 28.4 Å². The number of hydrogen-bond donors (Lipinski definition) is 3. The normalized spacial score (nSPS) is 18.5. The van der Waals surface area contributed by atoms with Gasteiger partial charge in [-0.25, -0.2) is 4.98 Å². The number of aromatic nitrogens is 4. The molecule has 0 unspecified atom stereocenters. The molecule has 1 aliphatic rings. The van der Waals surface area contributed by atoms with E-state index in [2.05, 4.69) is 75.4 Å². The lowest BCUT2D eigenvalue weighted by Gasteiger charge is -2.19. The Morgan fingerprint density at radius 2 is 2.06 bits per heavy atom. The highest BCUT2D eigenvalue weighted by Gasteiger charge is 2.30. The predicted molar refractivity (Wildman–Crippen MR) is 127 cm³/mol.